The van der Waals surface area contributed by atoms with E-state index in [4.69, 9.17) is 4.74 Å². The molecule has 3 rings (SSSR count). The van der Waals surface area contributed by atoms with Crippen molar-refractivity contribution < 1.29 is 9.26 Å². The number of likely N-dealkylation sites (tertiary alicyclic amines) is 1. The predicted molar refractivity (Wildman–Crippen MR) is 85.4 cm³/mol. The Hall–Kier alpha value is -2.15. The van der Waals surface area contributed by atoms with Gasteiger partial charge in [0.2, 0.25) is 5.82 Å². The van der Waals surface area contributed by atoms with Crippen molar-refractivity contribution >= 4 is 0 Å². The number of hydrogen-bond donors (Lipinski definition) is 1. The van der Waals surface area contributed by atoms with Crippen LogP contribution in [0.4, 0.5) is 0 Å². The van der Waals surface area contributed by atoms with Gasteiger partial charge in [-0.3, -0.25) is 9.51 Å². The van der Waals surface area contributed by atoms with Crippen LogP contribution in [0.1, 0.15) is 32.6 Å². The van der Waals surface area contributed by atoms with Gasteiger partial charge in [-0.1, -0.05) is 18.5 Å². The molecule has 0 unspecified atom stereocenters. The second kappa shape index (κ2) is 7.41. The molecule has 7 heteroatoms. The third-order valence-electron chi connectivity index (χ3n) is 4.08. The lowest BCUT2D eigenvalue weighted by molar-refractivity contribution is 0.0995. The van der Waals surface area contributed by atoms with Crippen LogP contribution in [0.2, 0.25) is 0 Å². The quantitative estimate of drug-likeness (QED) is 0.877. The summed E-state index contributed by atoms with van der Waals surface area (Å²) < 4.78 is 10.5. The molecule has 1 fully saturated rings. The highest BCUT2D eigenvalue weighted by molar-refractivity contribution is 5.48. The second-order valence-electron chi connectivity index (χ2n) is 5.84. The van der Waals surface area contributed by atoms with E-state index in [2.05, 4.69) is 31.5 Å². The fourth-order valence-electron chi connectivity index (χ4n) is 2.76. The van der Waals surface area contributed by atoms with Crippen LogP contribution in [0, 0.1) is 0 Å². The van der Waals surface area contributed by atoms with Crippen LogP contribution < -0.4 is 10.5 Å². The molecule has 1 aliphatic heterocycles. The van der Waals surface area contributed by atoms with Gasteiger partial charge in [-0.25, -0.2) is 9.78 Å². The van der Waals surface area contributed by atoms with Crippen LogP contribution in [-0.4, -0.2) is 45.8 Å². The first kappa shape index (κ1) is 15.7. The molecule has 0 amide bonds. The summed E-state index contributed by atoms with van der Waals surface area (Å²) >= 11 is 0. The molecular weight excluding hydrogens is 296 g/mol. The average molecular weight is 318 g/mol. The maximum absolute atomic E-state index is 10.9. The Morgan fingerprint density at radius 2 is 2.22 bits per heavy atom. The summed E-state index contributed by atoms with van der Waals surface area (Å²) in [4.78, 5) is 20.2. The van der Waals surface area contributed by atoms with Gasteiger partial charge in [0.05, 0.1) is 6.20 Å². The number of pyridine rings is 1. The first-order valence-corrected chi connectivity index (χ1v) is 8.16. The molecule has 1 N–H and O–H groups in total. The zero-order valence-corrected chi connectivity index (χ0v) is 13.3. The maximum Gasteiger partial charge on any atom is 0.439 e. The van der Waals surface area contributed by atoms with Crippen LogP contribution in [-0.2, 0) is 0 Å². The van der Waals surface area contributed by atoms with Gasteiger partial charge in [-0.05, 0) is 37.9 Å². The molecule has 2 aromatic rings. The highest BCUT2D eigenvalue weighted by atomic mass is 16.5. The van der Waals surface area contributed by atoms with E-state index in [0.29, 0.717) is 11.5 Å². The van der Waals surface area contributed by atoms with Crippen LogP contribution in [0.25, 0.3) is 11.5 Å². The fraction of sp³-hybridized carbons (Fsp3) is 0.562. The van der Waals surface area contributed by atoms with Gasteiger partial charge in [0.15, 0.2) is 0 Å². The number of aromatic amines is 1. The van der Waals surface area contributed by atoms with Gasteiger partial charge in [0, 0.05) is 13.1 Å². The zero-order chi connectivity index (χ0) is 16.1. The lowest BCUT2D eigenvalue weighted by atomic mass is 10.1. The maximum atomic E-state index is 10.9. The number of piperidine rings is 1. The third kappa shape index (κ3) is 4.19. The summed E-state index contributed by atoms with van der Waals surface area (Å²) in [6.45, 7) is 5.60. The molecule has 1 aliphatic rings. The fourth-order valence-corrected chi connectivity index (χ4v) is 2.76. The number of hydrogen-bond acceptors (Lipinski definition) is 6. The van der Waals surface area contributed by atoms with Gasteiger partial charge in [0.25, 0.3) is 0 Å². The van der Waals surface area contributed by atoms with Crippen molar-refractivity contribution in [2.24, 2.45) is 0 Å². The molecule has 23 heavy (non-hydrogen) atoms. The van der Waals surface area contributed by atoms with Gasteiger partial charge in [-0.15, -0.1) is 0 Å². The Bertz CT molecular complexity index is 656. The number of H-pyrrole nitrogens is 1. The molecule has 2 aromatic heterocycles. The molecule has 0 atom stereocenters. The first-order chi connectivity index (χ1) is 11.2. The Labute approximate surface area is 134 Å². The Morgan fingerprint density at radius 3 is 2.83 bits per heavy atom. The van der Waals surface area contributed by atoms with Crippen molar-refractivity contribution in [1.82, 2.24) is 20.0 Å². The standard InChI is InChI=1S/C16H22N4O3/c1-2-3-8-20-9-6-12(7-10-20)22-13-4-5-14(17-11-13)15-18-16(21)23-19-15/h4-5,11-12H,2-3,6-10H2,1H3,(H,18,19,21). The van der Waals surface area contributed by atoms with Crippen LogP contribution in [0.5, 0.6) is 5.75 Å². The van der Waals surface area contributed by atoms with E-state index in [0.717, 1.165) is 31.7 Å². The molecular formula is C16H22N4O3. The van der Waals surface area contributed by atoms with Crippen molar-refractivity contribution in [2.45, 2.75) is 38.7 Å². The van der Waals surface area contributed by atoms with E-state index in [1.54, 1.807) is 12.3 Å². The summed E-state index contributed by atoms with van der Waals surface area (Å²) in [5.41, 5.74) is 0.553. The summed E-state index contributed by atoms with van der Waals surface area (Å²) in [5.74, 6) is 0.481. The molecule has 0 aliphatic carbocycles. The van der Waals surface area contributed by atoms with E-state index >= 15 is 0 Å². The molecule has 1 saturated heterocycles. The van der Waals surface area contributed by atoms with Crippen molar-refractivity contribution in [1.29, 1.82) is 0 Å². The third-order valence-corrected chi connectivity index (χ3v) is 4.08. The lowest BCUT2D eigenvalue weighted by Gasteiger charge is -2.32. The summed E-state index contributed by atoms with van der Waals surface area (Å²) in [6, 6.07) is 3.61. The molecule has 0 aromatic carbocycles. The zero-order valence-electron chi connectivity index (χ0n) is 13.3. The number of ether oxygens (including phenoxy) is 1. The van der Waals surface area contributed by atoms with Crippen LogP contribution >= 0.6 is 0 Å². The summed E-state index contributed by atoms with van der Waals surface area (Å²) in [5, 5.41) is 3.61. The van der Waals surface area contributed by atoms with Crippen LogP contribution in [0.15, 0.2) is 27.6 Å². The molecule has 0 spiro atoms. The van der Waals surface area contributed by atoms with Gasteiger partial charge >= 0.3 is 5.76 Å². The molecule has 0 bridgehead atoms. The second-order valence-corrected chi connectivity index (χ2v) is 5.84. The van der Waals surface area contributed by atoms with E-state index in [9.17, 15) is 4.79 Å². The number of nitrogens with zero attached hydrogens (tertiary/aromatic N) is 3. The number of aromatic nitrogens is 3. The Balaban J connectivity index is 1.52. The topological polar surface area (TPSA) is 84.2 Å². The average Bonchev–Trinajstić information content (AvgIpc) is 3.01. The van der Waals surface area contributed by atoms with Crippen molar-refractivity contribution in [3.63, 3.8) is 0 Å². The van der Waals surface area contributed by atoms with Crippen molar-refractivity contribution in [2.75, 3.05) is 19.6 Å². The first-order valence-electron chi connectivity index (χ1n) is 8.16. The summed E-state index contributed by atoms with van der Waals surface area (Å²) in [7, 11) is 0. The SMILES string of the molecule is CCCCN1CCC(Oc2ccc(-c3noc(=O)[nH]3)nc2)CC1. The minimum absolute atomic E-state index is 0.243. The molecule has 124 valence electrons. The molecule has 3 heterocycles. The minimum Gasteiger partial charge on any atom is -0.489 e. The lowest BCUT2D eigenvalue weighted by Crippen LogP contribution is -2.38. The van der Waals surface area contributed by atoms with Crippen molar-refractivity contribution in [3.05, 3.63) is 28.9 Å². The number of unbranched alkanes of at least 4 members (excludes halogenated alkanes) is 1. The van der Waals surface area contributed by atoms with E-state index < -0.39 is 5.76 Å². The molecule has 7 nitrogen and oxygen atoms in total. The molecule has 0 saturated carbocycles. The van der Waals surface area contributed by atoms with Gasteiger partial charge in [-0.2, -0.15) is 0 Å². The van der Waals surface area contributed by atoms with Gasteiger partial charge < -0.3 is 9.64 Å². The van der Waals surface area contributed by atoms with Crippen molar-refractivity contribution in [3.8, 4) is 17.3 Å². The highest BCUT2D eigenvalue weighted by Gasteiger charge is 2.20. The summed E-state index contributed by atoms with van der Waals surface area (Å²) in [6.07, 6.45) is 6.50. The number of rotatable bonds is 6. The van der Waals surface area contributed by atoms with E-state index in [-0.39, 0.29) is 6.10 Å². The highest BCUT2D eigenvalue weighted by Crippen LogP contribution is 2.20. The van der Waals surface area contributed by atoms with E-state index in [1.165, 1.54) is 19.4 Å². The largest absolute Gasteiger partial charge is 0.489 e. The number of nitrogens with one attached hydrogen (secondary N) is 1. The van der Waals surface area contributed by atoms with Crippen LogP contribution in [0.3, 0.4) is 0 Å². The van der Waals surface area contributed by atoms with Gasteiger partial charge in [0.1, 0.15) is 17.5 Å². The minimum atomic E-state index is -0.586. The monoisotopic (exact) mass is 318 g/mol. The van der Waals surface area contributed by atoms with E-state index in [1.807, 2.05) is 6.07 Å². The smallest absolute Gasteiger partial charge is 0.439 e. The normalized spacial score (nSPS) is 16.6. The Kier molecular flexibility index (Phi) is 5.07. The Morgan fingerprint density at radius 1 is 1.39 bits per heavy atom. The predicted octanol–water partition coefficient (Wildman–Crippen LogP) is 2.07. The molecule has 0 radical (unpaired) electrons.